The predicted molar refractivity (Wildman–Crippen MR) is 82.1 cm³/mol. The van der Waals surface area contributed by atoms with Gasteiger partial charge in [0.05, 0.1) is 4.90 Å². The number of nitrogens with one attached hydrogen (secondary N) is 2. The van der Waals surface area contributed by atoms with Crippen LogP contribution >= 0.6 is 11.6 Å². The maximum absolute atomic E-state index is 12.0. The summed E-state index contributed by atoms with van der Waals surface area (Å²) in [4.78, 5) is 12.1. The fraction of sp³-hybridized carbons (Fsp3) is 0.0714. The minimum absolute atomic E-state index is 0.134. The second-order valence-corrected chi connectivity index (χ2v) is 6.52. The van der Waals surface area contributed by atoms with Crippen molar-refractivity contribution in [3.05, 3.63) is 59.1 Å². The minimum Gasteiger partial charge on any atom is -0.322 e. The van der Waals surface area contributed by atoms with Crippen LogP contribution in [0.2, 0.25) is 5.02 Å². The highest BCUT2D eigenvalue weighted by atomic mass is 35.5. The number of rotatable bonds is 4. The van der Waals surface area contributed by atoms with E-state index in [2.05, 4.69) is 10.0 Å². The van der Waals surface area contributed by atoms with Gasteiger partial charge in [0, 0.05) is 16.3 Å². The summed E-state index contributed by atoms with van der Waals surface area (Å²) in [5.41, 5.74) is 0.969. The molecule has 0 heterocycles. The monoisotopic (exact) mass is 324 g/mol. The lowest BCUT2D eigenvalue weighted by molar-refractivity contribution is 0.102. The lowest BCUT2D eigenvalue weighted by Gasteiger charge is -2.07. The number of carbonyl (C=O) groups is 1. The lowest BCUT2D eigenvalue weighted by atomic mass is 10.2. The molecule has 0 radical (unpaired) electrons. The molecule has 0 bridgehead atoms. The zero-order valence-corrected chi connectivity index (χ0v) is 12.7. The lowest BCUT2D eigenvalue weighted by Crippen LogP contribution is -2.18. The summed E-state index contributed by atoms with van der Waals surface area (Å²) in [6.45, 7) is 0. The van der Waals surface area contributed by atoms with Crippen molar-refractivity contribution in [1.29, 1.82) is 0 Å². The van der Waals surface area contributed by atoms with Crippen LogP contribution in [0.5, 0.6) is 0 Å². The van der Waals surface area contributed by atoms with Gasteiger partial charge in [-0.3, -0.25) is 4.79 Å². The molecule has 0 aromatic heterocycles. The summed E-state index contributed by atoms with van der Waals surface area (Å²) in [6, 6.07) is 12.4. The molecule has 1 amide bonds. The molecule has 0 atom stereocenters. The number of amides is 1. The maximum atomic E-state index is 12.0. The zero-order valence-electron chi connectivity index (χ0n) is 11.1. The largest absolute Gasteiger partial charge is 0.322 e. The summed E-state index contributed by atoms with van der Waals surface area (Å²) in [5.74, 6) is -0.295. The molecule has 0 saturated heterocycles. The fourth-order valence-corrected chi connectivity index (χ4v) is 2.50. The first-order chi connectivity index (χ1) is 9.92. The van der Waals surface area contributed by atoms with Gasteiger partial charge in [-0.1, -0.05) is 11.6 Å². The molecular weight excluding hydrogens is 312 g/mol. The van der Waals surface area contributed by atoms with E-state index >= 15 is 0 Å². The molecule has 0 aliphatic rings. The standard InChI is InChI=1S/C14H13ClN2O3S/c1-16-21(19,20)13-8-6-12(7-9-13)17-14(18)10-2-4-11(15)5-3-10/h2-9,16H,1H3,(H,17,18). The average Bonchev–Trinajstić information content (AvgIpc) is 2.48. The topological polar surface area (TPSA) is 75.3 Å². The highest BCUT2D eigenvalue weighted by molar-refractivity contribution is 7.89. The molecule has 0 fully saturated rings. The summed E-state index contributed by atoms with van der Waals surface area (Å²) in [7, 11) is -2.14. The van der Waals surface area contributed by atoms with E-state index in [1.807, 2.05) is 0 Å². The van der Waals surface area contributed by atoms with Crippen molar-refractivity contribution in [2.45, 2.75) is 4.90 Å². The molecule has 110 valence electrons. The number of sulfonamides is 1. The Kier molecular flexibility index (Phi) is 4.62. The maximum Gasteiger partial charge on any atom is 0.255 e. The van der Waals surface area contributed by atoms with Gasteiger partial charge in [0.25, 0.3) is 5.91 Å². The molecule has 2 aromatic carbocycles. The Bertz CT molecular complexity index is 741. The van der Waals surface area contributed by atoms with Crippen LogP contribution in [0.25, 0.3) is 0 Å². The van der Waals surface area contributed by atoms with Gasteiger partial charge in [-0.15, -0.1) is 0 Å². The van der Waals surface area contributed by atoms with Crippen molar-refractivity contribution >= 4 is 33.2 Å². The molecule has 2 N–H and O–H groups in total. The van der Waals surface area contributed by atoms with E-state index in [1.54, 1.807) is 24.3 Å². The second kappa shape index (κ2) is 6.26. The van der Waals surface area contributed by atoms with Gasteiger partial charge in [-0.25, -0.2) is 13.1 Å². The van der Waals surface area contributed by atoms with Crippen molar-refractivity contribution in [2.75, 3.05) is 12.4 Å². The highest BCUT2D eigenvalue weighted by Crippen LogP contribution is 2.15. The summed E-state index contributed by atoms with van der Waals surface area (Å²) in [6.07, 6.45) is 0. The van der Waals surface area contributed by atoms with E-state index in [-0.39, 0.29) is 10.8 Å². The van der Waals surface area contributed by atoms with E-state index in [4.69, 9.17) is 11.6 Å². The van der Waals surface area contributed by atoms with Crippen LogP contribution in [0.4, 0.5) is 5.69 Å². The quantitative estimate of drug-likeness (QED) is 0.907. The van der Waals surface area contributed by atoms with Gasteiger partial charge in [-0.05, 0) is 55.6 Å². The first kappa shape index (κ1) is 15.5. The molecule has 5 nitrogen and oxygen atoms in total. The van der Waals surface area contributed by atoms with Crippen molar-refractivity contribution in [3.63, 3.8) is 0 Å². The van der Waals surface area contributed by atoms with Crippen LogP contribution in [0.3, 0.4) is 0 Å². The number of hydrogen-bond acceptors (Lipinski definition) is 3. The van der Waals surface area contributed by atoms with Gasteiger partial charge >= 0.3 is 0 Å². The predicted octanol–water partition coefficient (Wildman–Crippen LogP) is 2.50. The number of halogens is 1. The summed E-state index contributed by atoms with van der Waals surface area (Å²) >= 11 is 5.76. The number of benzene rings is 2. The molecule has 0 spiro atoms. The van der Waals surface area contributed by atoms with Crippen molar-refractivity contribution in [2.24, 2.45) is 0 Å². The Balaban J connectivity index is 2.13. The van der Waals surface area contributed by atoms with Crippen LogP contribution < -0.4 is 10.0 Å². The molecule has 21 heavy (non-hydrogen) atoms. The van der Waals surface area contributed by atoms with E-state index in [9.17, 15) is 13.2 Å². The first-order valence-electron chi connectivity index (χ1n) is 6.03. The van der Waals surface area contributed by atoms with Crippen molar-refractivity contribution in [1.82, 2.24) is 4.72 Å². The van der Waals surface area contributed by atoms with Crippen molar-refractivity contribution < 1.29 is 13.2 Å². The molecule has 7 heteroatoms. The van der Waals surface area contributed by atoms with Crippen LogP contribution in [0, 0.1) is 0 Å². The minimum atomic E-state index is -3.48. The Hall–Kier alpha value is -1.89. The Labute approximate surface area is 128 Å². The van der Waals surface area contributed by atoms with Gasteiger partial charge in [-0.2, -0.15) is 0 Å². The third-order valence-corrected chi connectivity index (χ3v) is 4.48. The first-order valence-corrected chi connectivity index (χ1v) is 7.89. The summed E-state index contributed by atoms with van der Waals surface area (Å²) in [5, 5.41) is 3.23. The van der Waals surface area contributed by atoms with Crippen LogP contribution in [0.1, 0.15) is 10.4 Å². The fourth-order valence-electron chi connectivity index (χ4n) is 1.64. The van der Waals surface area contributed by atoms with Crippen LogP contribution in [-0.4, -0.2) is 21.4 Å². The number of carbonyl (C=O) groups excluding carboxylic acids is 1. The van der Waals surface area contributed by atoms with Gasteiger partial charge < -0.3 is 5.32 Å². The SMILES string of the molecule is CNS(=O)(=O)c1ccc(NC(=O)c2ccc(Cl)cc2)cc1. The molecular formula is C14H13ClN2O3S. The molecule has 0 aliphatic carbocycles. The third kappa shape index (κ3) is 3.81. The normalized spacial score (nSPS) is 11.1. The summed E-state index contributed by atoms with van der Waals surface area (Å²) < 4.78 is 25.4. The Morgan fingerprint density at radius 1 is 1.00 bits per heavy atom. The number of hydrogen-bond donors (Lipinski definition) is 2. The van der Waals surface area contributed by atoms with E-state index in [0.29, 0.717) is 16.3 Å². The molecule has 2 rings (SSSR count). The van der Waals surface area contributed by atoms with Gasteiger partial charge in [0.1, 0.15) is 0 Å². The van der Waals surface area contributed by atoms with E-state index in [0.717, 1.165) is 0 Å². The molecule has 0 aliphatic heterocycles. The Morgan fingerprint density at radius 2 is 1.57 bits per heavy atom. The molecule has 0 saturated carbocycles. The van der Waals surface area contributed by atoms with Gasteiger partial charge in [0.15, 0.2) is 0 Å². The second-order valence-electron chi connectivity index (χ2n) is 4.19. The smallest absolute Gasteiger partial charge is 0.255 e. The Morgan fingerprint density at radius 3 is 2.10 bits per heavy atom. The van der Waals surface area contributed by atoms with E-state index < -0.39 is 10.0 Å². The average molecular weight is 325 g/mol. The van der Waals surface area contributed by atoms with Gasteiger partial charge in [0.2, 0.25) is 10.0 Å². The highest BCUT2D eigenvalue weighted by Gasteiger charge is 2.11. The zero-order chi connectivity index (χ0) is 15.5. The number of anilines is 1. The molecule has 2 aromatic rings. The third-order valence-electron chi connectivity index (χ3n) is 2.80. The molecule has 0 unspecified atom stereocenters. The van der Waals surface area contributed by atoms with Crippen LogP contribution in [0.15, 0.2) is 53.4 Å². The van der Waals surface area contributed by atoms with Crippen molar-refractivity contribution in [3.8, 4) is 0 Å². The van der Waals surface area contributed by atoms with E-state index in [1.165, 1.54) is 31.3 Å². The van der Waals surface area contributed by atoms with Crippen LogP contribution in [-0.2, 0) is 10.0 Å².